The van der Waals surface area contributed by atoms with Crippen LogP contribution in [0.1, 0.15) is 28.3 Å². The van der Waals surface area contributed by atoms with Crippen molar-refractivity contribution < 1.29 is 0 Å². The second kappa shape index (κ2) is 3.44. The molecule has 2 heterocycles. The molecule has 1 aliphatic heterocycles. The van der Waals surface area contributed by atoms with Gasteiger partial charge in [-0.3, -0.25) is 5.10 Å². The van der Waals surface area contributed by atoms with Gasteiger partial charge in [-0.25, -0.2) is 0 Å². The van der Waals surface area contributed by atoms with E-state index >= 15 is 0 Å². The maximum Gasteiger partial charge on any atom is 0.0522 e. The summed E-state index contributed by atoms with van der Waals surface area (Å²) in [7, 11) is 0. The van der Waals surface area contributed by atoms with Crippen LogP contribution >= 0.6 is 0 Å². The van der Waals surface area contributed by atoms with E-state index in [0.29, 0.717) is 12.0 Å². The number of fused-ring (bicyclic) bond motifs is 4. The lowest BCUT2D eigenvalue weighted by Gasteiger charge is -2.37. The van der Waals surface area contributed by atoms with Gasteiger partial charge in [-0.1, -0.05) is 24.3 Å². The Morgan fingerprint density at radius 3 is 3.06 bits per heavy atom. The van der Waals surface area contributed by atoms with E-state index in [1.807, 2.05) is 6.20 Å². The summed E-state index contributed by atoms with van der Waals surface area (Å²) in [6.07, 6.45) is 4.17. The molecule has 2 aliphatic rings. The van der Waals surface area contributed by atoms with Gasteiger partial charge in [0.2, 0.25) is 0 Å². The molecule has 3 heteroatoms. The molecule has 0 saturated carbocycles. The van der Waals surface area contributed by atoms with E-state index < -0.39 is 0 Å². The predicted octanol–water partition coefficient (Wildman–Crippen LogP) is 1.76. The second-order valence-electron chi connectivity index (χ2n) is 5.07. The fourth-order valence-electron chi connectivity index (χ4n) is 3.27. The highest BCUT2D eigenvalue weighted by Crippen LogP contribution is 2.36. The minimum absolute atomic E-state index is 0.579. The lowest BCUT2D eigenvalue weighted by Crippen LogP contribution is -2.44. The largest absolute Gasteiger partial charge is 0.309 e. The van der Waals surface area contributed by atoms with Gasteiger partial charge in [0.15, 0.2) is 0 Å². The monoisotopic (exact) mass is 225 g/mol. The topological polar surface area (TPSA) is 40.7 Å². The Kier molecular flexibility index (Phi) is 1.91. The molecular formula is C14H15N3. The molecule has 1 aromatic heterocycles. The van der Waals surface area contributed by atoms with Gasteiger partial charge in [0, 0.05) is 24.2 Å². The molecule has 1 aliphatic carbocycles. The van der Waals surface area contributed by atoms with Crippen LogP contribution in [0.5, 0.6) is 0 Å². The minimum Gasteiger partial charge on any atom is -0.309 e. The quantitative estimate of drug-likeness (QED) is 0.717. The first-order valence-corrected chi connectivity index (χ1v) is 6.24. The molecule has 0 spiro atoms. The van der Waals surface area contributed by atoms with E-state index in [1.54, 1.807) is 0 Å². The van der Waals surface area contributed by atoms with Crippen molar-refractivity contribution in [3.05, 3.63) is 52.8 Å². The second-order valence-corrected chi connectivity index (χ2v) is 5.07. The molecule has 0 bridgehead atoms. The number of hydrogen-bond donors (Lipinski definition) is 2. The SMILES string of the molecule is c1ccc2c(c1)CN[C@@H]1Cc3cn[nH]c3C[C@@H]21. The molecule has 2 aromatic rings. The molecule has 0 radical (unpaired) electrons. The van der Waals surface area contributed by atoms with Crippen LogP contribution in [0.25, 0.3) is 0 Å². The molecule has 0 saturated heterocycles. The Morgan fingerprint density at radius 1 is 1.12 bits per heavy atom. The van der Waals surface area contributed by atoms with Crippen molar-refractivity contribution in [2.45, 2.75) is 31.3 Å². The fourth-order valence-corrected chi connectivity index (χ4v) is 3.27. The van der Waals surface area contributed by atoms with Crippen molar-refractivity contribution in [3.8, 4) is 0 Å². The summed E-state index contributed by atoms with van der Waals surface area (Å²) < 4.78 is 0. The van der Waals surface area contributed by atoms with E-state index in [0.717, 1.165) is 19.4 Å². The van der Waals surface area contributed by atoms with Crippen molar-refractivity contribution in [3.63, 3.8) is 0 Å². The third-order valence-electron chi connectivity index (χ3n) is 4.17. The Hall–Kier alpha value is -1.61. The molecule has 3 nitrogen and oxygen atoms in total. The van der Waals surface area contributed by atoms with Gasteiger partial charge in [0.25, 0.3) is 0 Å². The maximum absolute atomic E-state index is 4.16. The Balaban J connectivity index is 1.80. The zero-order valence-electron chi connectivity index (χ0n) is 9.61. The minimum atomic E-state index is 0.579. The molecule has 17 heavy (non-hydrogen) atoms. The first kappa shape index (κ1) is 9.42. The Labute approximate surface area is 100 Å². The lowest BCUT2D eigenvalue weighted by atomic mass is 9.75. The van der Waals surface area contributed by atoms with Crippen LogP contribution in [0.15, 0.2) is 30.5 Å². The van der Waals surface area contributed by atoms with Gasteiger partial charge in [0.05, 0.1) is 6.20 Å². The zero-order chi connectivity index (χ0) is 11.2. The summed E-state index contributed by atoms with van der Waals surface area (Å²) in [5.41, 5.74) is 5.69. The van der Waals surface area contributed by atoms with Crippen molar-refractivity contribution in [2.75, 3.05) is 0 Å². The average Bonchev–Trinajstić information content (AvgIpc) is 2.83. The first-order valence-electron chi connectivity index (χ1n) is 6.24. The van der Waals surface area contributed by atoms with Crippen LogP contribution in [-0.2, 0) is 19.4 Å². The van der Waals surface area contributed by atoms with Crippen LogP contribution in [0, 0.1) is 0 Å². The number of aromatic amines is 1. The molecule has 2 N–H and O–H groups in total. The highest BCUT2D eigenvalue weighted by Gasteiger charge is 2.34. The summed E-state index contributed by atoms with van der Waals surface area (Å²) in [6, 6.07) is 9.39. The molecule has 86 valence electrons. The maximum atomic E-state index is 4.16. The molecule has 0 unspecified atom stereocenters. The molecule has 1 aromatic carbocycles. The number of H-pyrrole nitrogens is 1. The summed E-state index contributed by atoms with van der Waals surface area (Å²) in [5.74, 6) is 0.605. The van der Waals surface area contributed by atoms with Crippen molar-refractivity contribution in [1.29, 1.82) is 0 Å². The van der Waals surface area contributed by atoms with Gasteiger partial charge >= 0.3 is 0 Å². The highest BCUT2D eigenvalue weighted by atomic mass is 15.1. The molecule has 2 atom stereocenters. The van der Waals surface area contributed by atoms with Crippen LogP contribution < -0.4 is 5.32 Å². The van der Waals surface area contributed by atoms with E-state index in [-0.39, 0.29) is 0 Å². The summed E-state index contributed by atoms with van der Waals surface area (Å²) in [4.78, 5) is 0. The van der Waals surface area contributed by atoms with Crippen LogP contribution in [0.3, 0.4) is 0 Å². The standard InChI is InChI=1S/C14H15N3/c1-2-4-11-9(3-1)7-15-14-5-10-8-16-17-13(10)6-12(11)14/h1-4,8,12,14-15H,5-7H2,(H,16,17)/t12-,14+/m0/s1. The normalized spacial score (nSPS) is 25.9. The van der Waals surface area contributed by atoms with Crippen molar-refractivity contribution in [2.24, 2.45) is 0 Å². The fraction of sp³-hybridized carbons (Fsp3) is 0.357. The summed E-state index contributed by atoms with van der Waals surface area (Å²) >= 11 is 0. The number of rotatable bonds is 0. The van der Waals surface area contributed by atoms with Gasteiger partial charge in [-0.2, -0.15) is 5.10 Å². The number of hydrogen-bond acceptors (Lipinski definition) is 2. The third kappa shape index (κ3) is 1.35. The first-order chi connectivity index (χ1) is 8.42. The number of nitrogens with one attached hydrogen (secondary N) is 2. The number of nitrogens with zero attached hydrogens (tertiary/aromatic N) is 1. The predicted molar refractivity (Wildman–Crippen MR) is 65.8 cm³/mol. The van der Waals surface area contributed by atoms with Gasteiger partial charge in [0.1, 0.15) is 0 Å². The number of aromatic nitrogens is 2. The van der Waals surface area contributed by atoms with E-state index in [9.17, 15) is 0 Å². The van der Waals surface area contributed by atoms with Crippen LogP contribution in [0.2, 0.25) is 0 Å². The van der Waals surface area contributed by atoms with Crippen molar-refractivity contribution in [1.82, 2.24) is 15.5 Å². The van der Waals surface area contributed by atoms with E-state index in [4.69, 9.17) is 0 Å². The van der Waals surface area contributed by atoms with Gasteiger partial charge < -0.3 is 5.32 Å². The molecule has 0 amide bonds. The lowest BCUT2D eigenvalue weighted by molar-refractivity contribution is 0.377. The van der Waals surface area contributed by atoms with E-state index in [2.05, 4.69) is 39.8 Å². The van der Waals surface area contributed by atoms with Gasteiger partial charge in [-0.05, 0) is 29.5 Å². The van der Waals surface area contributed by atoms with E-state index in [1.165, 1.54) is 22.4 Å². The zero-order valence-corrected chi connectivity index (χ0v) is 9.61. The molecule has 4 rings (SSSR count). The smallest absolute Gasteiger partial charge is 0.0522 e. The Morgan fingerprint density at radius 2 is 2.06 bits per heavy atom. The van der Waals surface area contributed by atoms with Crippen LogP contribution in [-0.4, -0.2) is 16.2 Å². The summed E-state index contributed by atoms with van der Waals surface area (Å²) in [6.45, 7) is 1.00. The molecule has 0 fully saturated rings. The van der Waals surface area contributed by atoms with Gasteiger partial charge in [-0.15, -0.1) is 0 Å². The number of benzene rings is 1. The average molecular weight is 225 g/mol. The highest BCUT2D eigenvalue weighted by molar-refractivity contribution is 5.38. The summed E-state index contributed by atoms with van der Waals surface area (Å²) in [5, 5.41) is 11.0. The molecular weight excluding hydrogens is 210 g/mol. The van der Waals surface area contributed by atoms with Crippen molar-refractivity contribution >= 4 is 0 Å². The third-order valence-corrected chi connectivity index (χ3v) is 4.17. The Bertz CT molecular complexity index is 558. The van der Waals surface area contributed by atoms with Crippen LogP contribution in [0.4, 0.5) is 0 Å².